The maximum Gasteiger partial charge on any atom is 0.0208 e. The SMILES string of the molecule is CNCCNCc1ccc(C)c(C)c1C. The van der Waals surface area contributed by atoms with Gasteiger partial charge in [0.05, 0.1) is 0 Å². The van der Waals surface area contributed by atoms with Gasteiger partial charge in [-0.25, -0.2) is 0 Å². The summed E-state index contributed by atoms with van der Waals surface area (Å²) in [4.78, 5) is 0. The van der Waals surface area contributed by atoms with Crippen molar-refractivity contribution in [3.63, 3.8) is 0 Å². The Labute approximate surface area is 93.1 Å². The molecule has 84 valence electrons. The largest absolute Gasteiger partial charge is 0.318 e. The molecule has 0 saturated heterocycles. The molecule has 0 spiro atoms. The van der Waals surface area contributed by atoms with Crippen LogP contribution in [-0.2, 0) is 6.54 Å². The highest BCUT2D eigenvalue weighted by molar-refractivity contribution is 5.38. The van der Waals surface area contributed by atoms with Crippen molar-refractivity contribution >= 4 is 0 Å². The topological polar surface area (TPSA) is 24.1 Å². The molecule has 0 atom stereocenters. The molecule has 0 saturated carbocycles. The van der Waals surface area contributed by atoms with Crippen LogP contribution in [0.15, 0.2) is 12.1 Å². The number of hydrogen-bond acceptors (Lipinski definition) is 2. The van der Waals surface area contributed by atoms with Crippen molar-refractivity contribution in [2.75, 3.05) is 20.1 Å². The minimum Gasteiger partial charge on any atom is -0.318 e. The summed E-state index contributed by atoms with van der Waals surface area (Å²) in [6, 6.07) is 4.43. The maximum absolute atomic E-state index is 3.43. The van der Waals surface area contributed by atoms with Gasteiger partial charge in [0.25, 0.3) is 0 Å². The molecule has 15 heavy (non-hydrogen) atoms. The van der Waals surface area contributed by atoms with Gasteiger partial charge in [0.15, 0.2) is 0 Å². The Bertz CT molecular complexity index is 319. The molecule has 0 aliphatic rings. The zero-order chi connectivity index (χ0) is 11.3. The van der Waals surface area contributed by atoms with Crippen LogP contribution in [0, 0.1) is 20.8 Å². The van der Waals surface area contributed by atoms with Gasteiger partial charge in [0.1, 0.15) is 0 Å². The summed E-state index contributed by atoms with van der Waals surface area (Å²) in [6.45, 7) is 9.57. The van der Waals surface area contributed by atoms with E-state index in [4.69, 9.17) is 0 Å². The van der Waals surface area contributed by atoms with E-state index < -0.39 is 0 Å². The van der Waals surface area contributed by atoms with Gasteiger partial charge >= 0.3 is 0 Å². The molecular formula is C13H22N2. The number of likely N-dealkylation sites (N-methyl/N-ethyl adjacent to an activating group) is 1. The van der Waals surface area contributed by atoms with Gasteiger partial charge in [-0.2, -0.15) is 0 Å². The highest BCUT2D eigenvalue weighted by atomic mass is 14.9. The second-order valence-electron chi connectivity index (χ2n) is 4.07. The van der Waals surface area contributed by atoms with Crippen molar-refractivity contribution in [3.05, 3.63) is 34.4 Å². The molecule has 0 unspecified atom stereocenters. The number of hydrogen-bond donors (Lipinski definition) is 2. The second-order valence-corrected chi connectivity index (χ2v) is 4.07. The fourth-order valence-electron chi connectivity index (χ4n) is 1.64. The van der Waals surface area contributed by atoms with Crippen molar-refractivity contribution in [3.8, 4) is 0 Å². The van der Waals surface area contributed by atoms with Gasteiger partial charge in [-0.1, -0.05) is 12.1 Å². The van der Waals surface area contributed by atoms with E-state index in [0.717, 1.165) is 19.6 Å². The number of benzene rings is 1. The molecule has 0 aromatic heterocycles. The molecule has 0 bridgehead atoms. The normalized spacial score (nSPS) is 10.7. The minimum atomic E-state index is 0.967. The van der Waals surface area contributed by atoms with Crippen LogP contribution in [0.5, 0.6) is 0 Å². The van der Waals surface area contributed by atoms with Crippen LogP contribution in [0.2, 0.25) is 0 Å². The smallest absolute Gasteiger partial charge is 0.0208 e. The molecule has 2 N–H and O–H groups in total. The molecule has 0 aliphatic carbocycles. The van der Waals surface area contributed by atoms with E-state index in [2.05, 4.69) is 43.5 Å². The highest BCUT2D eigenvalue weighted by Crippen LogP contribution is 2.16. The Morgan fingerprint density at radius 1 is 1.00 bits per heavy atom. The molecule has 0 radical (unpaired) electrons. The lowest BCUT2D eigenvalue weighted by atomic mass is 9.99. The fraction of sp³-hybridized carbons (Fsp3) is 0.538. The highest BCUT2D eigenvalue weighted by Gasteiger charge is 2.02. The molecule has 1 aromatic rings. The molecule has 0 heterocycles. The molecule has 0 aliphatic heterocycles. The molecule has 0 fully saturated rings. The Hall–Kier alpha value is -0.860. The van der Waals surface area contributed by atoms with Crippen LogP contribution in [0.4, 0.5) is 0 Å². The van der Waals surface area contributed by atoms with Crippen molar-refractivity contribution in [1.29, 1.82) is 0 Å². The predicted octanol–water partition coefficient (Wildman–Crippen LogP) is 1.92. The van der Waals surface area contributed by atoms with E-state index in [0.29, 0.717) is 0 Å². The average molecular weight is 206 g/mol. The number of rotatable bonds is 5. The van der Waals surface area contributed by atoms with E-state index in [-0.39, 0.29) is 0 Å². The number of nitrogens with one attached hydrogen (secondary N) is 2. The van der Waals surface area contributed by atoms with Gasteiger partial charge in [-0.05, 0) is 50.1 Å². The van der Waals surface area contributed by atoms with Crippen LogP contribution in [0.1, 0.15) is 22.3 Å². The van der Waals surface area contributed by atoms with E-state index in [1.54, 1.807) is 0 Å². The fourth-order valence-corrected chi connectivity index (χ4v) is 1.64. The quantitative estimate of drug-likeness (QED) is 0.719. The molecule has 0 amide bonds. The van der Waals surface area contributed by atoms with Gasteiger partial charge in [-0.15, -0.1) is 0 Å². The Morgan fingerprint density at radius 3 is 2.40 bits per heavy atom. The first-order chi connectivity index (χ1) is 7.16. The zero-order valence-electron chi connectivity index (χ0n) is 10.3. The first kappa shape index (κ1) is 12.2. The van der Waals surface area contributed by atoms with Crippen molar-refractivity contribution in [1.82, 2.24) is 10.6 Å². The van der Waals surface area contributed by atoms with Crippen LogP contribution in [-0.4, -0.2) is 20.1 Å². The van der Waals surface area contributed by atoms with Crippen molar-refractivity contribution < 1.29 is 0 Å². The Morgan fingerprint density at radius 2 is 1.73 bits per heavy atom. The Balaban J connectivity index is 2.58. The van der Waals surface area contributed by atoms with Crippen LogP contribution < -0.4 is 10.6 Å². The van der Waals surface area contributed by atoms with E-state index in [9.17, 15) is 0 Å². The van der Waals surface area contributed by atoms with E-state index in [1.165, 1.54) is 22.3 Å². The second kappa shape index (κ2) is 5.89. The first-order valence-electron chi connectivity index (χ1n) is 5.57. The van der Waals surface area contributed by atoms with Gasteiger partial charge in [0, 0.05) is 19.6 Å². The molecule has 2 nitrogen and oxygen atoms in total. The summed E-state index contributed by atoms with van der Waals surface area (Å²) in [5, 5.41) is 6.55. The summed E-state index contributed by atoms with van der Waals surface area (Å²) in [7, 11) is 1.98. The third-order valence-electron chi connectivity index (χ3n) is 3.04. The molecule has 1 aromatic carbocycles. The summed E-state index contributed by atoms with van der Waals surface area (Å²) in [5.74, 6) is 0. The van der Waals surface area contributed by atoms with Crippen LogP contribution in [0.3, 0.4) is 0 Å². The maximum atomic E-state index is 3.43. The van der Waals surface area contributed by atoms with Crippen molar-refractivity contribution in [2.45, 2.75) is 27.3 Å². The van der Waals surface area contributed by atoms with Gasteiger partial charge in [0.2, 0.25) is 0 Å². The summed E-state index contributed by atoms with van der Waals surface area (Å²) in [5.41, 5.74) is 5.63. The van der Waals surface area contributed by atoms with Crippen LogP contribution in [0.25, 0.3) is 0 Å². The average Bonchev–Trinajstić information content (AvgIpc) is 2.24. The minimum absolute atomic E-state index is 0.967. The third kappa shape index (κ3) is 3.33. The third-order valence-corrected chi connectivity index (χ3v) is 3.04. The van der Waals surface area contributed by atoms with Gasteiger partial charge < -0.3 is 10.6 Å². The standard InChI is InChI=1S/C13H22N2/c1-10-5-6-13(12(3)11(10)2)9-15-8-7-14-4/h5-6,14-15H,7-9H2,1-4H3. The van der Waals surface area contributed by atoms with Gasteiger partial charge in [-0.3, -0.25) is 0 Å². The molecule has 2 heteroatoms. The lowest BCUT2D eigenvalue weighted by Gasteiger charge is -2.12. The summed E-state index contributed by atoms with van der Waals surface area (Å²) in [6.07, 6.45) is 0. The monoisotopic (exact) mass is 206 g/mol. The first-order valence-corrected chi connectivity index (χ1v) is 5.57. The molecular weight excluding hydrogens is 184 g/mol. The lowest BCUT2D eigenvalue weighted by molar-refractivity contribution is 0.649. The summed E-state index contributed by atoms with van der Waals surface area (Å²) >= 11 is 0. The van der Waals surface area contributed by atoms with E-state index in [1.807, 2.05) is 7.05 Å². The predicted molar refractivity (Wildman–Crippen MR) is 66.3 cm³/mol. The zero-order valence-corrected chi connectivity index (χ0v) is 10.3. The molecule has 1 rings (SSSR count). The van der Waals surface area contributed by atoms with E-state index >= 15 is 0 Å². The summed E-state index contributed by atoms with van der Waals surface area (Å²) < 4.78 is 0. The lowest BCUT2D eigenvalue weighted by Crippen LogP contribution is -2.24. The van der Waals surface area contributed by atoms with Crippen molar-refractivity contribution in [2.24, 2.45) is 0 Å². The van der Waals surface area contributed by atoms with Crippen LogP contribution >= 0.6 is 0 Å². The number of aryl methyl sites for hydroxylation is 1. The Kier molecular flexibility index (Phi) is 4.79.